The highest BCUT2D eigenvalue weighted by Crippen LogP contribution is 2.16. The van der Waals surface area contributed by atoms with Crippen molar-refractivity contribution >= 4 is 17.6 Å². The molecule has 1 aromatic rings. The summed E-state index contributed by atoms with van der Waals surface area (Å²) in [6.45, 7) is 0. The first kappa shape index (κ1) is 12.4. The molecule has 1 rings (SSSR count). The molecule has 0 spiro atoms. The molecule has 0 aliphatic carbocycles. The third-order valence-corrected chi connectivity index (χ3v) is 1.90. The zero-order chi connectivity index (χ0) is 13.0. The number of benzene rings is 1. The first-order valence-corrected chi connectivity index (χ1v) is 4.44. The average Bonchev–Trinajstić information content (AvgIpc) is 2.27. The molecule has 0 amide bonds. The summed E-state index contributed by atoms with van der Waals surface area (Å²) in [6, 6.07) is 5.45. The Balaban J connectivity index is 3.17. The number of esters is 1. The van der Waals surface area contributed by atoms with E-state index in [2.05, 4.69) is 4.74 Å². The van der Waals surface area contributed by atoms with Crippen molar-refractivity contribution in [2.45, 2.75) is 0 Å². The molecule has 0 unspecified atom stereocenters. The molecule has 0 atom stereocenters. The molecule has 0 aliphatic heterocycles. The minimum Gasteiger partial charge on any atom is -0.465 e. The van der Waals surface area contributed by atoms with Crippen LogP contribution < -0.4 is 10.7 Å². The summed E-state index contributed by atoms with van der Waals surface area (Å²) in [5.74, 6) is -1.38. The van der Waals surface area contributed by atoms with Crippen LogP contribution in [0.15, 0.2) is 24.3 Å². The number of nitrogens with one attached hydrogen (secondary N) is 1. The number of hydrogen-bond acceptors (Lipinski definition) is 5. The number of methoxy groups -OCH3 is 1. The van der Waals surface area contributed by atoms with E-state index < -0.39 is 17.0 Å². The Morgan fingerprint density at radius 3 is 2.71 bits per heavy atom. The van der Waals surface area contributed by atoms with Gasteiger partial charge in [-0.15, -0.1) is 0 Å². The highest BCUT2D eigenvalue weighted by molar-refractivity contribution is 5.94. The minimum atomic E-state index is -0.848. The average molecular weight is 238 g/mol. The van der Waals surface area contributed by atoms with E-state index in [0.29, 0.717) is 5.01 Å². The van der Waals surface area contributed by atoms with Crippen molar-refractivity contribution in [1.82, 2.24) is 0 Å². The molecule has 0 saturated heterocycles. The molecular weight excluding hydrogens is 228 g/mol. The molecule has 90 valence electrons. The summed E-state index contributed by atoms with van der Waals surface area (Å²) in [5.41, 5.74) is 5.22. The van der Waals surface area contributed by atoms with Gasteiger partial charge < -0.3 is 10.5 Å². The van der Waals surface area contributed by atoms with Crippen LogP contribution in [0.1, 0.15) is 10.4 Å². The van der Waals surface area contributed by atoms with Gasteiger partial charge in [0.1, 0.15) is 5.69 Å². The lowest BCUT2D eigenvalue weighted by Crippen LogP contribution is -2.41. The molecule has 0 radical (unpaired) electrons. The van der Waals surface area contributed by atoms with Gasteiger partial charge in [0.05, 0.1) is 12.7 Å². The number of guanidine groups is 1. The van der Waals surface area contributed by atoms with E-state index in [-0.39, 0.29) is 11.3 Å². The normalized spacial score (nSPS) is 9.47. The van der Waals surface area contributed by atoms with Crippen LogP contribution in [0.3, 0.4) is 0 Å². The van der Waals surface area contributed by atoms with E-state index in [1.807, 2.05) is 0 Å². The predicted octanol–water partition coefficient (Wildman–Crippen LogP) is 0.365. The standard InChI is InChI=1S/C9H10N4O4/c1-17-8(14)6-3-2-4-7(5-6)12(9(10)11)13(15)16/h2-5H,1H3,(H3,10,11). The van der Waals surface area contributed by atoms with Crippen molar-refractivity contribution in [3.63, 3.8) is 0 Å². The Kier molecular flexibility index (Phi) is 3.60. The Morgan fingerprint density at radius 2 is 2.24 bits per heavy atom. The van der Waals surface area contributed by atoms with E-state index in [1.54, 1.807) is 0 Å². The molecule has 0 heterocycles. The molecule has 0 bridgehead atoms. The van der Waals surface area contributed by atoms with Crippen molar-refractivity contribution in [3.8, 4) is 0 Å². The number of ether oxygens (including phenoxy) is 1. The fraction of sp³-hybridized carbons (Fsp3) is 0.111. The Hall–Kier alpha value is -2.64. The van der Waals surface area contributed by atoms with Gasteiger partial charge in [0.25, 0.3) is 5.96 Å². The third-order valence-electron chi connectivity index (χ3n) is 1.90. The van der Waals surface area contributed by atoms with Gasteiger partial charge in [-0.25, -0.2) is 14.9 Å². The van der Waals surface area contributed by atoms with Crippen LogP contribution in [0, 0.1) is 15.5 Å². The van der Waals surface area contributed by atoms with Crippen LogP contribution in [0.25, 0.3) is 0 Å². The zero-order valence-corrected chi connectivity index (χ0v) is 8.91. The van der Waals surface area contributed by atoms with Crippen LogP contribution in [-0.4, -0.2) is 24.1 Å². The van der Waals surface area contributed by atoms with Crippen molar-refractivity contribution in [1.29, 1.82) is 5.41 Å². The van der Waals surface area contributed by atoms with Crippen LogP contribution in [0.2, 0.25) is 0 Å². The SMILES string of the molecule is COC(=O)c1cccc(N(C(=N)N)[N+](=O)[O-])c1. The second-order valence-electron chi connectivity index (χ2n) is 2.98. The Morgan fingerprint density at radius 1 is 1.59 bits per heavy atom. The zero-order valence-electron chi connectivity index (χ0n) is 8.91. The quantitative estimate of drug-likeness (QED) is 0.258. The maximum absolute atomic E-state index is 11.2. The van der Waals surface area contributed by atoms with Gasteiger partial charge in [-0.05, 0) is 23.2 Å². The number of nitro groups is 1. The van der Waals surface area contributed by atoms with Gasteiger partial charge in [0.2, 0.25) is 0 Å². The van der Waals surface area contributed by atoms with E-state index in [9.17, 15) is 14.9 Å². The summed E-state index contributed by atoms with van der Waals surface area (Å²) in [6.07, 6.45) is 0. The maximum Gasteiger partial charge on any atom is 0.337 e. The summed E-state index contributed by atoms with van der Waals surface area (Å²) in [7, 11) is 1.20. The summed E-state index contributed by atoms with van der Waals surface area (Å²) < 4.78 is 4.48. The number of rotatable bonds is 3. The summed E-state index contributed by atoms with van der Waals surface area (Å²) in [5, 5.41) is 17.3. The van der Waals surface area contributed by atoms with Gasteiger partial charge in [0, 0.05) is 0 Å². The highest BCUT2D eigenvalue weighted by atomic mass is 16.7. The van der Waals surface area contributed by atoms with Crippen molar-refractivity contribution < 1.29 is 14.6 Å². The molecule has 0 aliphatic rings. The fourth-order valence-corrected chi connectivity index (χ4v) is 1.20. The number of nitrogens with zero attached hydrogens (tertiary/aromatic N) is 2. The van der Waals surface area contributed by atoms with E-state index >= 15 is 0 Å². The molecular formula is C9H10N4O4. The second-order valence-corrected chi connectivity index (χ2v) is 2.98. The first-order chi connectivity index (χ1) is 7.97. The van der Waals surface area contributed by atoms with Gasteiger partial charge in [-0.1, -0.05) is 6.07 Å². The number of nitrogens with two attached hydrogens (primary N) is 1. The number of hydrogen-bond donors (Lipinski definition) is 2. The monoisotopic (exact) mass is 238 g/mol. The number of carbonyl (C=O) groups excluding carboxylic acids is 1. The van der Waals surface area contributed by atoms with E-state index in [4.69, 9.17) is 11.1 Å². The molecule has 0 saturated carbocycles. The molecule has 17 heavy (non-hydrogen) atoms. The number of carbonyl (C=O) groups is 1. The third kappa shape index (κ3) is 2.68. The van der Waals surface area contributed by atoms with Crippen molar-refractivity contribution in [2.24, 2.45) is 5.73 Å². The molecule has 1 aromatic carbocycles. The van der Waals surface area contributed by atoms with Crippen molar-refractivity contribution in [3.05, 3.63) is 39.9 Å². The van der Waals surface area contributed by atoms with Crippen LogP contribution in [-0.2, 0) is 4.74 Å². The summed E-state index contributed by atoms with van der Waals surface area (Å²) >= 11 is 0. The topological polar surface area (TPSA) is 123 Å². The summed E-state index contributed by atoms with van der Waals surface area (Å²) in [4.78, 5) is 21.9. The second kappa shape index (κ2) is 4.92. The van der Waals surface area contributed by atoms with Crippen LogP contribution >= 0.6 is 0 Å². The number of hydrazine groups is 1. The van der Waals surface area contributed by atoms with Gasteiger partial charge >= 0.3 is 5.97 Å². The number of anilines is 1. The maximum atomic E-state index is 11.2. The van der Waals surface area contributed by atoms with Gasteiger partial charge in [0.15, 0.2) is 5.03 Å². The van der Waals surface area contributed by atoms with E-state index in [1.165, 1.54) is 31.4 Å². The van der Waals surface area contributed by atoms with E-state index in [0.717, 1.165) is 0 Å². The Labute approximate surface area is 96.2 Å². The first-order valence-electron chi connectivity index (χ1n) is 4.44. The van der Waals surface area contributed by atoms with Gasteiger partial charge in [-0.3, -0.25) is 5.41 Å². The fourth-order valence-electron chi connectivity index (χ4n) is 1.20. The lowest BCUT2D eigenvalue weighted by atomic mass is 10.2. The molecule has 0 fully saturated rings. The largest absolute Gasteiger partial charge is 0.465 e. The van der Waals surface area contributed by atoms with Gasteiger partial charge in [-0.2, -0.15) is 0 Å². The molecule has 0 aromatic heterocycles. The highest BCUT2D eigenvalue weighted by Gasteiger charge is 2.22. The molecule has 8 heteroatoms. The van der Waals surface area contributed by atoms with Crippen LogP contribution in [0.5, 0.6) is 0 Å². The predicted molar refractivity (Wildman–Crippen MR) is 59.2 cm³/mol. The van der Waals surface area contributed by atoms with Crippen LogP contribution in [0.4, 0.5) is 5.69 Å². The Bertz CT molecular complexity index is 460. The lowest BCUT2D eigenvalue weighted by molar-refractivity contribution is -0.479. The smallest absolute Gasteiger partial charge is 0.337 e. The lowest BCUT2D eigenvalue weighted by Gasteiger charge is -2.11. The minimum absolute atomic E-state index is 0.00500. The van der Waals surface area contributed by atoms with Crippen molar-refractivity contribution in [2.75, 3.05) is 12.1 Å². The molecule has 3 N–H and O–H groups in total. The molecule has 8 nitrogen and oxygen atoms in total.